The Morgan fingerprint density at radius 2 is 1.79 bits per heavy atom. The number of rotatable bonds is 2. The third kappa shape index (κ3) is 2.10. The summed E-state index contributed by atoms with van der Waals surface area (Å²) in [6.45, 7) is 0. The van der Waals surface area contributed by atoms with Crippen LogP contribution in [0.4, 0.5) is 5.69 Å². The molecule has 0 radical (unpaired) electrons. The molecular formula is C16H14N2O. The Hall–Kier alpha value is -2.55. The van der Waals surface area contributed by atoms with E-state index in [4.69, 9.17) is 10.5 Å². The monoisotopic (exact) mass is 250 g/mol. The summed E-state index contributed by atoms with van der Waals surface area (Å²) < 4.78 is 5.25. The maximum atomic E-state index is 5.72. The molecule has 1 aromatic heterocycles. The van der Waals surface area contributed by atoms with Crippen molar-refractivity contribution in [3.05, 3.63) is 54.7 Å². The molecule has 3 aromatic rings. The number of aromatic nitrogens is 1. The molecule has 3 nitrogen and oxygen atoms in total. The Bertz CT molecular complexity index is 720. The molecule has 0 aliphatic carbocycles. The van der Waals surface area contributed by atoms with Crippen LogP contribution in [0.5, 0.6) is 5.75 Å². The van der Waals surface area contributed by atoms with E-state index in [2.05, 4.69) is 4.98 Å². The van der Waals surface area contributed by atoms with Crippen LogP contribution in [-0.4, -0.2) is 12.1 Å². The first-order valence-electron chi connectivity index (χ1n) is 6.06. The molecule has 0 amide bonds. The van der Waals surface area contributed by atoms with Crippen LogP contribution < -0.4 is 10.5 Å². The zero-order valence-corrected chi connectivity index (χ0v) is 10.6. The van der Waals surface area contributed by atoms with Gasteiger partial charge in [-0.15, -0.1) is 0 Å². The SMILES string of the molecule is COc1ccc2c(-c3ccc(N)cc3)nccc2c1. The fourth-order valence-corrected chi connectivity index (χ4v) is 2.15. The van der Waals surface area contributed by atoms with Gasteiger partial charge in [0.25, 0.3) is 0 Å². The number of methoxy groups -OCH3 is 1. The lowest BCUT2D eigenvalue weighted by molar-refractivity contribution is 0.415. The third-order valence-electron chi connectivity index (χ3n) is 3.16. The Morgan fingerprint density at radius 1 is 1.00 bits per heavy atom. The molecule has 0 aliphatic rings. The maximum Gasteiger partial charge on any atom is 0.119 e. The Balaban J connectivity index is 2.21. The van der Waals surface area contributed by atoms with E-state index in [1.807, 2.05) is 54.7 Å². The lowest BCUT2D eigenvalue weighted by atomic mass is 10.0. The standard InChI is InChI=1S/C16H14N2O/c1-19-14-6-7-15-12(10-14)8-9-18-16(15)11-2-4-13(17)5-3-11/h2-10H,17H2,1H3. The van der Waals surface area contributed by atoms with Gasteiger partial charge in [-0.1, -0.05) is 12.1 Å². The number of fused-ring (bicyclic) bond motifs is 1. The molecule has 19 heavy (non-hydrogen) atoms. The van der Waals surface area contributed by atoms with Gasteiger partial charge in [-0.05, 0) is 41.8 Å². The Labute approximate surface area is 111 Å². The fourth-order valence-electron chi connectivity index (χ4n) is 2.15. The second-order valence-corrected chi connectivity index (χ2v) is 4.37. The minimum Gasteiger partial charge on any atom is -0.497 e. The average Bonchev–Trinajstić information content (AvgIpc) is 2.47. The van der Waals surface area contributed by atoms with Crippen molar-refractivity contribution in [3.8, 4) is 17.0 Å². The van der Waals surface area contributed by atoms with Crippen LogP contribution in [0.2, 0.25) is 0 Å². The molecule has 0 atom stereocenters. The van der Waals surface area contributed by atoms with Gasteiger partial charge in [0.15, 0.2) is 0 Å². The van der Waals surface area contributed by atoms with Crippen LogP contribution in [-0.2, 0) is 0 Å². The molecule has 3 rings (SSSR count). The smallest absolute Gasteiger partial charge is 0.119 e. The van der Waals surface area contributed by atoms with Crippen LogP contribution in [0.25, 0.3) is 22.0 Å². The number of ether oxygens (including phenoxy) is 1. The summed E-state index contributed by atoms with van der Waals surface area (Å²) in [5, 5.41) is 2.22. The van der Waals surface area contributed by atoms with Gasteiger partial charge in [0.2, 0.25) is 0 Å². The van der Waals surface area contributed by atoms with Crippen molar-refractivity contribution in [1.29, 1.82) is 0 Å². The van der Waals surface area contributed by atoms with E-state index < -0.39 is 0 Å². The van der Waals surface area contributed by atoms with E-state index in [1.54, 1.807) is 7.11 Å². The van der Waals surface area contributed by atoms with E-state index in [0.29, 0.717) is 0 Å². The number of nitrogens with zero attached hydrogens (tertiary/aromatic N) is 1. The van der Waals surface area contributed by atoms with Gasteiger partial charge in [-0.2, -0.15) is 0 Å². The van der Waals surface area contributed by atoms with Crippen LogP contribution >= 0.6 is 0 Å². The number of hydrogen-bond donors (Lipinski definition) is 1. The van der Waals surface area contributed by atoms with E-state index in [-0.39, 0.29) is 0 Å². The van der Waals surface area contributed by atoms with Gasteiger partial charge < -0.3 is 10.5 Å². The summed E-state index contributed by atoms with van der Waals surface area (Å²) in [5.41, 5.74) is 8.49. The minimum absolute atomic E-state index is 0.755. The van der Waals surface area contributed by atoms with E-state index >= 15 is 0 Å². The van der Waals surface area contributed by atoms with Gasteiger partial charge >= 0.3 is 0 Å². The highest BCUT2D eigenvalue weighted by Gasteiger charge is 2.06. The molecule has 3 heteroatoms. The predicted molar refractivity (Wildman–Crippen MR) is 78.1 cm³/mol. The Kier molecular flexibility index (Phi) is 2.80. The summed E-state index contributed by atoms with van der Waals surface area (Å²) in [7, 11) is 1.67. The van der Waals surface area contributed by atoms with Crippen molar-refractivity contribution in [2.75, 3.05) is 12.8 Å². The first-order chi connectivity index (χ1) is 9.28. The number of anilines is 1. The van der Waals surface area contributed by atoms with Gasteiger partial charge in [0.1, 0.15) is 5.75 Å². The highest BCUT2D eigenvalue weighted by Crippen LogP contribution is 2.29. The molecule has 1 heterocycles. The van der Waals surface area contributed by atoms with E-state index in [9.17, 15) is 0 Å². The summed E-state index contributed by atoms with van der Waals surface area (Å²) in [6.07, 6.45) is 1.81. The largest absolute Gasteiger partial charge is 0.497 e. The summed E-state index contributed by atoms with van der Waals surface area (Å²) >= 11 is 0. The highest BCUT2D eigenvalue weighted by atomic mass is 16.5. The fraction of sp³-hybridized carbons (Fsp3) is 0.0625. The van der Waals surface area contributed by atoms with Gasteiger partial charge in [-0.25, -0.2) is 0 Å². The molecule has 0 saturated carbocycles. The third-order valence-corrected chi connectivity index (χ3v) is 3.16. The van der Waals surface area contributed by atoms with Gasteiger partial charge in [0, 0.05) is 22.8 Å². The quantitative estimate of drug-likeness (QED) is 0.708. The van der Waals surface area contributed by atoms with E-state index in [0.717, 1.165) is 33.5 Å². The lowest BCUT2D eigenvalue weighted by Crippen LogP contribution is -1.89. The molecule has 2 N–H and O–H groups in total. The minimum atomic E-state index is 0.755. The maximum absolute atomic E-state index is 5.72. The summed E-state index contributed by atoms with van der Waals surface area (Å²) in [5.74, 6) is 0.849. The van der Waals surface area contributed by atoms with Crippen LogP contribution in [0.1, 0.15) is 0 Å². The number of pyridine rings is 1. The van der Waals surface area contributed by atoms with Crippen LogP contribution in [0.15, 0.2) is 54.7 Å². The number of benzene rings is 2. The van der Waals surface area contributed by atoms with Crippen molar-refractivity contribution >= 4 is 16.5 Å². The number of nitrogens with two attached hydrogens (primary N) is 1. The zero-order valence-electron chi connectivity index (χ0n) is 10.6. The lowest BCUT2D eigenvalue weighted by Gasteiger charge is -2.07. The van der Waals surface area contributed by atoms with Crippen LogP contribution in [0, 0.1) is 0 Å². The zero-order chi connectivity index (χ0) is 13.2. The topological polar surface area (TPSA) is 48.1 Å². The molecule has 0 unspecified atom stereocenters. The number of nitrogen functional groups attached to an aromatic ring is 1. The molecule has 94 valence electrons. The molecule has 0 bridgehead atoms. The first-order valence-corrected chi connectivity index (χ1v) is 6.06. The number of hydrogen-bond acceptors (Lipinski definition) is 3. The molecular weight excluding hydrogens is 236 g/mol. The van der Waals surface area contributed by atoms with Crippen LogP contribution in [0.3, 0.4) is 0 Å². The van der Waals surface area contributed by atoms with Crippen molar-refractivity contribution in [2.45, 2.75) is 0 Å². The average molecular weight is 250 g/mol. The molecule has 2 aromatic carbocycles. The molecule has 0 aliphatic heterocycles. The van der Waals surface area contributed by atoms with Crippen molar-refractivity contribution in [3.63, 3.8) is 0 Å². The van der Waals surface area contributed by atoms with Gasteiger partial charge in [-0.3, -0.25) is 4.98 Å². The first kappa shape index (κ1) is 11.5. The normalized spacial score (nSPS) is 10.6. The molecule has 0 saturated heterocycles. The van der Waals surface area contributed by atoms with Crippen molar-refractivity contribution in [1.82, 2.24) is 4.98 Å². The second kappa shape index (κ2) is 4.61. The summed E-state index contributed by atoms with van der Waals surface area (Å²) in [6, 6.07) is 15.7. The van der Waals surface area contributed by atoms with Crippen molar-refractivity contribution < 1.29 is 4.74 Å². The Morgan fingerprint density at radius 3 is 2.53 bits per heavy atom. The molecule has 0 fully saturated rings. The highest BCUT2D eigenvalue weighted by molar-refractivity contribution is 5.95. The second-order valence-electron chi connectivity index (χ2n) is 4.37. The summed E-state index contributed by atoms with van der Waals surface area (Å²) in [4.78, 5) is 4.48. The van der Waals surface area contributed by atoms with Gasteiger partial charge in [0.05, 0.1) is 12.8 Å². The molecule has 0 spiro atoms. The van der Waals surface area contributed by atoms with Crippen molar-refractivity contribution in [2.24, 2.45) is 0 Å². The van der Waals surface area contributed by atoms with E-state index in [1.165, 1.54) is 0 Å². The predicted octanol–water partition coefficient (Wildman–Crippen LogP) is 3.49.